The minimum absolute atomic E-state index is 0.0835. The van der Waals surface area contributed by atoms with Gasteiger partial charge < -0.3 is 19.5 Å². The zero-order valence-corrected chi connectivity index (χ0v) is 17.0. The molecule has 0 unspecified atom stereocenters. The van der Waals surface area contributed by atoms with Gasteiger partial charge in [0.1, 0.15) is 5.54 Å². The van der Waals surface area contributed by atoms with Gasteiger partial charge in [-0.05, 0) is 30.5 Å². The van der Waals surface area contributed by atoms with E-state index < -0.39 is 36.0 Å². The fourth-order valence-electron chi connectivity index (χ4n) is 3.73. The first-order chi connectivity index (χ1) is 14.4. The van der Waals surface area contributed by atoms with Gasteiger partial charge in [0.25, 0.3) is 11.8 Å². The molecule has 1 heterocycles. The third-order valence-electron chi connectivity index (χ3n) is 5.27. The zero-order chi connectivity index (χ0) is 21.7. The molecule has 2 fully saturated rings. The lowest BCUT2D eigenvalue weighted by molar-refractivity contribution is -0.150. The fourth-order valence-corrected chi connectivity index (χ4v) is 3.73. The van der Waals surface area contributed by atoms with Crippen LogP contribution in [0.3, 0.4) is 0 Å². The van der Waals surface area contributed by atoms with Crippen LogP contribution in [0.2, 0.25) is 0 Å². The van der Waals surface area contributed by atoms with Crippen LogP contribution < -0.4 is 20.2 Å². The van der Waals surface area contributed by atoms with Crippen molar-refractivity contribution in [3.8, 4) is 11.5 Å². The monoisotopic (exact) mass is 419 g/mol. The number of methoxy groups -OCH3 is 2. The minimum atomic E-state index is -0.938. The molecule has 3 rings (SSSR count). The Hall–Kier alpha value is -3.30. The van der Waals surface area contributed by atoms with Crippen molar-refractivity contribution in [3.63, 3.8) is 0 Å². The first-order valence-electron chi connectivity index (χ1n) is 9.71. The molecular formula is C20H25N3O7. The van der Waals surface area contributed by atoms with E-state index in [2.05, 4.69) is 10.7 Å². The standard InChI is InChI=1S/C20H25N3O7/c1-28-14-7-6-13(10-15(14)29-2)11-17(25)30-12-16(24)22-23-18(26)20(21-19(23)27)8-4-3-5-9-20/h6-7,10H,3-5,8-9,11-12H2,1-2H3,(H,21,27)(H,22,24). The van der Waals surface area contributed by atoms with Gasteiger partial charge in [0.2, 0.25) is 0 Å². The highest BCUT2D eigenvalue weighted by molar-refractivity contribution is 6.08. The molecule has 0 bridgehead atoms. The summed E-state index contributed by atoms with van der Waals surface area (Å²) in [4.78, 5) is 48.9. The van der Waals surface area contributed by atoms with Crippen molar-refractivity contribution in [1.29, 1.82) is 0 Å². The number of nitrogens with one attached hydrogen (secondary N) is 2. The molecule has 0 atom stereocenters. The predicted octanol–water partition coefficient (Wildman–Crippen LogP) is 1.08. The van der Waals surface area contributed by atoms with Crippen molar-refractivity contribution in [1.82, 2.24) is 15.8 Å². The van der Waals surface area contributed by atoms with Gasteiger partial charge >= 0.3 is 12.0 Å². The largest absolute Gasteiger partial charge is 0.493 e. The van der Waals surface area contributed by atoms with E-state index >= 15 is 0 Å². The number of amides is 4. The van der Waals surface area contributed by atoms with Crippen LogP contribution >= 0.6 is 0 Å². The number of nitrogens with zero attached hydrogens (tertiary/aromatic N) is 1. The highest BCUT2D eigenvalue weighted by Gasteiger charge is 2.52. The summed E-state index contributed by atoms with van der Waals surface area (Å²) in [6.07, 6.45) is 3.69. The van der Waals surface area contributed by atoms with Crippen LogP contribution in [-0.4, -0.2) is 55.2 Å². The molecule has 0 aromatic heterocycles. The van der Waals surface area contributed by atoms with E-state index in [1.165, 1.54) is 14.2 Å². The third kappa shape index (κ3) is 4.47. The number of urea groups is 1. The second-order valence-electron chi connectivity index (χ2n) is 7.28. The van der Waals surface area contributed by atoms with Crippen LogP contribution in [0.1, 0.15) is 37.7 Å². The Morgan fingerprint density at radius 3 is 2.47 bits per heavy atom. The van der Waals surface area contributed by atoms with Crippen molar-refractivity contribution in [2.24, 2.45) is 0 Å². The van der Waals surface area contributed by atoms with Crippen molar-refractivity contribution in [2.45, 2.75) is 44.1 Å². The van der Waals surface area contributed by atoms with Gasteiger partial charge in [-0.1, -0.05) is 25.3 Å². The summed E-state index contributed by atoms with van der Waals surface area (Å²) in [5, 5.41) is 3.36. The quantitative estimate of drug-likeness (QED) is 0.501. The molecule has 4 amide bonds. The number of ether oxygens (including phenoxy) is 3. The van der Waals surface area contributed by atoms with Crippen LogP contribution in [0, 0.1) is 0 Å². The Morgan fingerprint density at radius 1 is 1.10 bits per heavy atom. The molecule has 10 heteroatoms. The molecule has 162 valence electrons. The van der Waals surface area contributed by atoms with Gasteiger partial charge in [-0.3, -0.25) is 19.8 Å². The summed E-state index contributed by atoms with van der Waals surface area (Å²) >= 11 is 0. The SMILES string of the molecule is COc1ccc(CC(=O)OCC(=O)NN2C(=O)NC3(CCCCC3)C2=O)cc1OC. The van der Waals surface area contributed by atoms with Crippen LogP contribution in [0.4, 0.5) is 4.79 Å². The number of carbonyl (C=O) groups is 4. The van der Waals surface area contributed by atoms with E-state index in [0.717, 1.165) is 19.3 Å². The maximum atomic E-state index is 12.6. The topological polar surface area (TPSA) is 123 Å². The first-order valence-corrected chi connectivity index (χ1v) is 9.71. The fraction of sp³-hybridized carbons (Fsp3) is 0.500. The molecule has 1 spiro atoms. The lowest BCUT2D eigenvalue weighted by atomic mass is 9.82. The lowest BCUT2D eigenvalue weighted by Crippen LogP contribution is -2.51. The Bertz CT molecular complexity index is 849. The van der Waals surface area contributed by atoms with E-state index in [1.807, 2.05) is 0 Å². The molecule has 2 aliphatic rings. The summed E-state index contributed by atoms with van der Waals surface area (Å²) < 4.78 is 15.3. The van der Waals surface area contributed by atoms with Gasteiger partial charge in [0.05, 0.1) is 20.6 Å². The maximum Gasteiger partial charge on any atom is 0.344 e. The number of hydrazine groups is 1. The number of hydrogen-bond donors (Lipinski definition) is 2. The van der Waals surface area contributed by atoms with E-state index in [0.29, 0.717) is 34.9 Å². The molecule has 0 radical (unpaired) electrons. The Morgan fingerprint density at radius 2 is 1.80 bits per heavy atom. The van der Waals surface area contributed by atoms with Gasteiger partial charge in [0.15, 0.2) is 18.1 Å². The van der Waals surface area contributed by atoms with E-state index in [1.54, 1.807) is 18.2 Å². The minimum Gasteiger partial charge on any atom is -0.493 e. The highest BCUT2D eigenvalue weighted by Crippen LogP contribution is 2.33. The van der Waals surface area contributed by atoms with Crippen molar-refractivity contribution in [3.05, 3.63) is 23.8 Å². The second-order valence-corrected chi connectivity index (χ2v) is 7.28. The molecule has 30 heavy (non-hydrogen) atoms. The average Bonchev–Trinajstić information content (AvgIpc) is 2.96. The van der Waals surface area contributed by atoms with Crippen LogP contribution in [0.15, 0.2) is 18.2 Å². The average molecular weight is 419 g/mol. The second kappa shape index (κ2) is 9.02. The molecule has 1 aromatic rings. The van der Waals surface area contributed by atoms with Crippen LogP contribution in [-0.2, 0) is 25.5 Å². The van der Waals surface area contributed by atoms with Crippen molar-refractivity contribution >= 4 is 23.8 Å². The summed E-state index contributed by atoms with van der Waals surface area (Å²) in [6, 6.07) is 4.30. The molecule has 1 aliphatic heterocycles. The van der Waals surface area contributed by atoms with Gasteiger partial charge in [-0.2, -0.15) is 5.01 Å². The van der Waals surface area contributed by atoms with Gasteiger partial charge in [-0.15, -0.1) is 0 Å². The van der Waals surface area contributed by atoms with Crippen LogP contribution in [0.5, 0.6) is 11.5 Å². The van der Waals surface area contributed by atoms with E-state index in [-0.39, 0.29) is 6.42 Å². The Kier molecular flexibility index (Phi) is 6.43. The summed E-state index contributed by atoms with van der Waals surface area (Å²) in [7, 11) is 2.99. The van der Waals surface area contributed by atoms with E-state index in [4.69, 9.17) is 14.2 Å². The molecule has 1 saturated carbocycles. The number of rotatable bonds is 7. The smallest absolute Gasteiger partial charge is 0.344 e. The Labute approximate surface area is 173 Å². The molecule has 1 aromatic carbocycles. The van der Waals surface area contributed by atoms with Gasteiger partial charge in [-0.25, -0.2) is 4.79 Å². The van der Waals surface area contributed by atoms with Crippen molar-refractivity contribution in [2.75, 3.05) is 20.8 Å². The Balaban J connectivity index is 1.50. The molecule has 1 saturated heterocycles. The molecule has 2 N–H and O–H groups in total. The van der Waals surface area contributed by atoms with E-state index in [9.17, 15) is 19.2 Å². The normalized spacial score (nSPS) is 17.5. The van der Waals surface area contributed by atoms with Crippen LogP contribution in [0.25, 0.3) is 0 Å². The summed E-state index contributed by atoms with van der Waals surface area (Å²) in [5.41, 5.74) is 1.90. The number of carbonyl (C=O) groups excluding carboxylic acids is 4. The van der Waals surface area contributed by atoms with Crippen molar-refractivity contribution < 1.29 is 33.4 Å². The zero-order valence-electron chi connectivity index (χ0n) is 17.0. The predicted molar refractivity (Wildman–Crippen MR) is 104 cm³/mol. The maximum absolute atomic E-state index is 12.6. The summed E-state index contributed by atoms with van der Waals surface area (Å²) in [5.74, 6) is -0.892. The lowest BCUT2D eigenvalue weighted by Gasteiger charge is -2.30. The molecule has 1 aliphatic carbocycles. The molecule has 10 nitrogen and oxygen atoms in total. The molecular weight excluding hydrogens is 394 g/mol. The highest BCUT2D eigenvalue weighted by atomic mass is 16.5. The number of imide groups is 1. The summed E-state index contributed by atoms with van der Waals surface area (Å²) in [6.45, 7) is -0.615. The first kappa shape index (κ1) is 21.4. The number of hydrogen-bond acceptors (Lipinski definition) is 7. The number of benzene rings is 1. The third-order valence-corrected chi connectivity index (χ3v) is 5.27. The van der Waals surface area contributed by atoms with Gasteiger partial charge in [0, 0.05) is 0 Å². The number of esters is 1.